The molecule has 0 atom stereocenters. The van der Waals surface area contributed by atoms with Crippen LogP contribution in [-0.2, 0) is 15.1 Å². The zero-order valence-electron chi connectivity index (χ0n) is 16.2. The molecule has 0 spiro atoms. The predicted octanol–water partition coefficient (Wildman–Crippen LogP) is 2.10. The van der Waals surface area contributed by atoms with Gasteiger partial charge in [-0.15, -0.1) is 6.42 Å². The first-order chi connectivity index (χ1) is 14.5. The first-order valence-electron chi connectivity index (χ1n) is 9.40. The fraction of sp³-hybridized carbons (Fsp3) is 0.273. The van der Waals surface area contributed by atoms with Crippen LogP contribution in [0.15, 0.2) is 54.6 Å². The first-order valence-corrected chi connectivity index (χ1v) is 10.5. The van der Waals surface area contributed by atoms with Crippen molar-refractivity contribution in [2.24, 2.45) is 5.41 Å². The third kappa shape index (κ3) is 4.54. The van der Waals surface area contributed by atoms with Crippen LogP contribution in [0.2, 0.25) is 0 Å². The van der Waals surface area contributed by atoms with Gasteiger partial charge in [0.15, 0.2) is 0 Å². The predicted molar refractivity (Wildman–Crippen MR) is 113 cm³/mol. The lowest BCUT2D eigenvalue weighted by Gasteiger charge is -2.39. The highest BCUT2D eigenvalue weighted by atomic mass is 32.2. The monoisotopic (exact) mass is 426 g/mol. The van der Waals surface area contributed by atoms with Gasteiger partial charge < -0.3 is 4.74 Å². The number of hydrogen-bond donors (Lipinski definition) is 2. The smallest absolute Gasteiger partial charge is 0.255 e. The minimum Gasteiger partial charge on any atom is -0.457 e. The molecule has 2 N–H and O–H groups in total. The van der Waals surface area contributed by atoms with Crippen molar-refractivity contribution in [1.82, 2.24) is 10.4 Å². The van der Waals surface area contributed by atoms with Crippen molar-refractivity contribution in [1.29, 1.82) is 0 Å². The maximum absolute atomic E-state index is 12.6. The number of amides is 1. The van der Waals surface area contributed by atoms with Crippen LogP contribution in [0.3, 0.4) is 0 Å². The molecule has 2 aromatic rings. The van der Waals surface area contributed by atoms with Crippen LogP contribution in [0.4, 0.5) is 0 Å². The second-order valence-corrected chi connectivity index (χ2v) is 7.88. The van der Waals surface area contributed by atoms with E-state index >= 15 is 0 Å². The number of terminal acetylenes is 1. The Morgan fingerprint density at radius 3 is 2.23 bits per heavy atom. The number of piperidine rings is 1. The Balaban J connectivity index is 1.93. The number of hydroxylamine groups is 1. The molecule has 1 amide bonds. The number of nitrogens with one attached hydrogen (secondary N) is 1. The SMILES string of the molecule is C#CCN1CCC(C(=O)NO)(C(c2ccc(Oc3ccccc3)cc2)=S(=O)=O)CC1. The van der Waals surface area contributed by atoms with E-state index in [-0.39, 0.29) is 17.7 Å². The lowest BCUT2D eigenvalue weighted by molar-refractivity contribution is -0.138. The average Bonchev–Trinajstić information content (AvgIpc) is 2.76. The van der Waals surface area contributed by atoms with E-state index in [0.29, 0.717) is 36.7 Å². The van der Waals surface area contributed by atoms with Crippen molar-refractivity contribution in [3.63, 3.8) is 0 Å². The summed E-state index contributed by atoms with van der Waals surface area (Å²) in [6, 6.07) is 15.7. The van der Waals surface area contributed by atoms with Gasteiger partial charge in [-0.1, -0.05) is 24.1 Å². The number of carbonyl (C=O) groups excluding carboxylic acids is 1. The molecule has 1 saturated heterocycles. The summed E-state index contributed by atoms with van der Waals surface area (Å²) in [4.78, 5) is 14.6. The zero-order valence-corrected chi connectivity index (χ0v) is 17.1. The molecule has 2 aromatic carbocycles. The van der Waals surface area contributed by atoms with Crippen molar-refractivity contribution in [3.8, 4) is 23.8 Å². The number of hydrogen-bond acceptors (Lipinski definition) is 6. The third-order valence-corrected chi connectivity index (χ3v) is 6.22. The molecule has 156 valence electrons. The van der Waals surface area contributed by atoms with E-state index in [0.717, 1.165) is 0 Å². The summed E-state index contributed by atoms with van der Waals surface area (Å²) in [5.74, 6) is 2.99. The van der Waals surface area contributed by atoms with Crippen molar-refractivity contribution in [3.05, 3.63) is 60.2 Å². The van der Waals surface area contributed by atoms with E-state index < -0.39 is 21.6 Å². The largest absolute Gasteiger partial charge is 0.457 e. The summed E-state index contributed by atoms with van der Waals surface area (Å²) in [5, 5.41) is 9.33. The molecule has 0 unspecified atom stereocenters. The van der Waals surface area contributed by atoms with Gasteiger partial charge in [0.2, 0.25) is 10.3 Å². The highest BCUT2D eigenvalue weighted by Gasteiger charge is 2.47. The lowest BCUT2D eigenvalue weighted by Crippen LogP contribution is -2.53. The standard InChI is InChI=1S/C22H22N2O5S/c1-2-14-24-15-12-22(13-16-24,21(25)23-26)20(30(27)28)17-8-10-19(11-9-17)29-18-6-4-3-5-7-18/h1,3-11,26H,12-16H2,(H,23,25). The Morgan fingerprint density at radius 2 is 1.70 bits per heavy atom. The van der Waals surface area contributed by atoms with E-state index in [1.54, 1.807) is 29.7 Å². The summed E-state index contributed by atoms with van der Waals surface area (Å²) in [6.45, 7) is 1.29. The molecule has 8 heteroatoms. The molecular formula is C22H22N2O5S. The van der Waals surface area contributed by atoms with E-state index in [4.69, 9.17) is 11.2 Å². The number of carbonyl (C=O) groups is 1. The van der Waals surface area contributed by atoms with Gasteiger partial charge in [0.05, 0.1) is 16.8 Å². The fourth-order valence-corrected chi connectivity index (χ4v) is 4.66. The molecule has 1 aliphatic rings. The van der Waals surface area contributed by atoms with E-state index in [9.17, 15) is 18.4 Å². The van der Waals surface area contributed by atoms with Gasteiger partial charge in [-0.05, 0) is 54.8 Å². The molecule has 30 heavy (non-hydrogen) atoms. The molecule has 1 fully saturated rings. The Kier molecular flexibility index (Phi) is 6.90. The summed E-state index contributed by atoms with van der Waals surface area (Å²) in [7, 11) is -2.68. The highest BCUT2D eigenvalue weighted by Crippen LogP contribution is 2.36. The minimum atomic E-state index is -2.68. The fourth-order valence-electron chi connectivity index (χ4n) is 3.72. The topological polar surface area (TPSA) is 95.9 Å². The van der Waals surface area contributed by atoms with Crippen LogP contribution in [0.1, 0.15) is 18.4 Å². The van der Waals surface area contributed by atoms with E-state index in [1.165, 1.54) is 0 Å². The quantitative estimate of drug-likeness (QED) is 0.241. The van der Waals surface area contributed by atoms with Gasteiger partial charge in [0.1, 0.15) is 11.5 Å². The van der Waals surface area contributed by atoms with Crippen molar-refractivity contribution < 1.29 is 23.2 Å². The Hall–Kier alpha value is -3.12. The van der Waals surface area contributed by atoms with Gasteiger partial charge >= 0.3 is 0 Å². The number of ether oxygens (including phenoxy) is 1. The first kappa shape index (κ1) is 21.6. The highest BCUT2D eigenvalue weighted by molar-refractivity contribution is 7.73. The number of para-hydroxylation sites is 1. The molecule has 0 saturated carbocycles. The lowest BCUT2D eigenvalue weighted by atomic mass is 9.73. The Bertz CT molecular complexity index is 1060. The van der Waals surface area contributed by atoms with Crippen LogP contribution >= 0.6 is 0 Å². The molecular weight excluding hydrogens is 404 g/mol. The van der Waals surface area contributed by atoms with Crippen LogP contribution < -0.4 is 10.2 Å². The Morgan fingerprint density at radius 1 is 1.10 bits per heavy atom. The summed E-state index contributed by atoms with van der Waals surface area (Å²) in [6.07, 6.45) is 5.78. The Labute approximate surface area is 176 Å². The molecule has 3 rings (SSSR count). The summed E-state index contributed by atoms with van der Waals surface area (Å²) in [5.41, 5.74) is 0.647. The molecule has 0 bridgehead atoms. The summed E-state index contributed by atoms with van der Waals surface area (Å²) >= 11 is 0. The third-order valence-electron chi connectivity index (χ3n) is 5.26. The van der Waals surface area contributed by atoms with Crippen LogP contribution in [0.25, 0.3) is 0 Å². The zero-order chi connectivity index (χ0) is 21.6. The average molecular weight is 426 g/mol. The van der Waals surface area contributed by atoms with Crippen LogP contribution in [0, 0.1) is 17.8 Å². The maximum atomic E-state index is 12.6. The number of rotatable bonds is 6. The molecule has 1 heterocycles. The second-order valence-electron chi connectivity index (χ2n) is 7.01. The number of benzene rings is 2. The summed E-state index contributed by atoms with van der Waals surface area (Å²) < 4.78 is 30.2. The van der Waals surface area contributed by atoms with Gasteiger partial charge in [0, 0.05) is 13.1 Å². The molecule has 1 aliphatic heterocycles. The van der Waals surface area contributed by atoms with E-state index in [1.807, 2.05) is 35.2 Å². The van der Waals surface area contributed by atoms with Gasteiger partial charge in [-0.3, -0.25) is 14.9 Å². The second kappa shape index (κ2) is 9.59. The maximum Gasteiger partial charge on any atom is 0.255 e. The van der Waals surface area contributed by atoms with Gasteiger partial charge in [-0.2, -0.15) is 8.42 Å². The van der Waals surface area contributed by atoms with Crippen molar-refractivity contribution in [2.45, 2.75) is 12.8 Å². The van der Waals surface area contributed by atoms with Gasteiger partial charge in [-0.25, -0.2) is 5.48 Å². The molecule has 0 radical (unpaired) electrons. The van der Waals surface area contributed by atoms with Crippen molar-refractivity contribution >= 4 is 21.1 Å². The normalized spacial score (nSPS) is 15.6. The number of likely N-dealkylation sites (tertiary alicyclic amines) is 1. The van der Waals surface area contributed by atoms with Gasteiger partial charge in [0.25, 0.3) is 5.91 Å². The van der Waals surface area contributed by atoms with Crippen LogP contribution in [-0.4, -0.2) is 48.9 Å². The van der Waals surface area contributed by atoms with E-state index in [2.05, 4.69) is 5.92 Å². The van der Waals surface area contributed by atoms with Crippen LogP contribution in [0.5, 0.6) is 11.5 Å². The number of nitrogens with zero attached hydrogens (tertiary/aromatic N) is 1. The molecule has 7 nitrogen and oxygen atoms in total. The minimum absolute atomic E-state index is 0.0549. The van der Waals surface area contributed by atoms with Crippen molar-refractivity contribution in [2.75, 3.05) is 19.6 Å². The molecule has 0 aromatic heterocycles. The molecule has 0 aliphatic carbocycles.